The molecule has 142 valence electrons. The molecular formula is C22H31NO3. The van der Waals surface area contributed by atoms with E-state index >= 15 is 0 Å². The van der Waals surface area contributed by atoms with Gasteiger partial charge in [0.15, 0.2) is 0 Å². The molecule has 0 fully saturated rings. The van der Waals surface area contributed by atoms with Gasteiger partial charge in [0.1, 0.15) is 11.4 Å². The zero-order valence-electron chi connectivity index (χ0n) is 16.6. The van der Waals surface area contributed by atoms with Crippen molar-refractivity contribution < 1.29 is 14.3 Å². The Labute approximate surface area is 156 Å². The molecule has 0 aliphatic carbocycles. The second-order valence-electron chi connectivity index (χ2n) is 6.99. The summed E-state index contributed by atoms with van der Waals surface area (Å²) in [6, 6.07) is 11.8. The topological polar surface area (TPSA) is 47.6 Å². The third kappa shape index (κ3) is 4.55. The van der Waals surface area contributed by atoms with Gasteiger partial charge in [0, 0.05) is 23.6 Å². The summed E-state index contributed by atoms with van der Waals surface area (Å²) < 4.78 is 11.6. The van der Waals surface area contributed by atoms with Crippen LogP contribution in [-0.2, 0) is 9.53 Å². The van der Waals surface area contributed by atoms with Gasteiger partial charge in [-0.2, -0.15) is 0 Å². The molecule has 1 N–H and O–H groups in total. The molecule has 2 rings (SSSR count). The van der Waals surface area contributed by atoms with E-state index in [0.717, 1.165) is 41.5 Å². The van der Waals surface area contributed by atoms with Gasteiger partial charge in [-0.3, -0.25) is 4.79 Å². The van der Waals surface area contributed by atoms with Crippen molar-refractivity contribution in [1.29, 1.82) is 0 Å². The number of hydrogen-bond donors (Lipinski definition) is 1. The third-order valence-electron chi connectivity index (χ3n) is 4.97. The maximum Gasteiger partial charge on any atom is 0.256 e. The summed E-state index contributed by atoms with van der Waals surface area (Å²) in [5, 5.41) is 5.03. The molecule has 0 heterocycles. The van der Waals surface area contributed by atoms with Crippen molar-refractivity contribution in [3.63, 3.8) is 0 Å². The number of amides is 1. The number of unbranched alkanes of at least 4 members (excludes halogenated alkanes) is 1. The third-order valence-corrected chi connectivity index (χ3v) is 4.97. The van der Waals surface area contributed by atoms with E-state index in [-0.39, 0.29) is 12.0 Å². The van der Waals surface area contributed by atoms with E-state index in [0.29, 0.717) is 6.42 Å². The molecule has 0 aliphatic heterocycles. The minimum Gasteiger partial charge on any atom is -0.490 e. The first-order valence-electron chi connectivity index (χ1n) is 9.50. The summed E-state index contributed by atoms with van der Waals surface area (Å²) in [4.78, 5) is 12.9. The van der Waals surface area contributed by atoms with Gasteiger partial charge in [0.05, 0.1) is 6.10 Å². The molecule has 0 radical (unpaired) electrons. The molecule has 26 heavy (non-hydrogen) atoms. The number of rotatable bonds is 9. The summed E-state index contributed by atoms with van der Waals surface area (Å²) in [7, 11) is 1.59. The van der Waals surface area contributed by atoms with Crippen molar-refractivity contribution in [3.8, 4) is 5.75 Å². The first-order valence-corrected chi connectivity index (χ1v) is 9.50. The van der Waals surface area contributed by atoms with Gasteiger partial charge in [-0.05, 0) is 38.8 Å². The molecule has 0 unspecified atom stereocenters. The largest absolute Gasteiger partial charge is 0.490 e. The van der Waals surface area contributed by atoms with Crippen LogP contribution in [0.4, 0.5) is 5.69 Å². The summed E-state index contributed by atoms with van der Waals surface area (Å²) in [6.07, 6.45) is 3.75. The summed E-state index contributed by atoms with van der Waals surface area (Å²) in [5.41, 5.74) is -0.0508. The molecule has 0 saturated heterocycles. The molecule has 0 aromatic heterocycles. The number of fused-ring (bicyclic) bond motifs is 1. The number of carbonyl (C=O) groups is 1. The summed E-state index contributed by atoms with van der Waals surface area (Å²) in [5.74, 6) is 0.725. The Kier molecular flexibility index (Phi) is 7.04. The zero-order chi connectivity index (χ0) is 19.2. The van der Waals surface area contributed by atoms with Crippen LogP contribution in [0.15, 0.2) is 36.4 Å². The van der Waals surface area contributed by atoms with Gasteiger partial charge in [-0.25, -0.2) is 0 Å². The average molecular weight is 357 g/mol. The fraction of sp³-hybridized carbons (Fsp3) is 0.500. The van der Waals surface area contributed by atoms with Crippen LogP contribution in [0, 0.1) is 0 Å². The molecule has 0 aliphatic rings. The quantitative estimate of drug-likeness (QED) is 0.640. The summed E-state index contributed by atoms with van der Waals surface area (Å²) in [6.45, 7) is 8.11. The first-order chi connectivity index (χ1) is 12.4. The Morgan fingerprint density at radius 2 is 1.85 bits per heavy atom. The van der Waals surface area contributed by atoms with E-state index in [1.54, 1.807) is 7.11 Å². The van der Waals surface area contributed by atoms with Gasteiger partial charge >= 0.3 is 0 Å². The van der Waals surface area contributed by atoms with Gasteiger partial charge in [0.2, 0.25) is 0 Å². The average Bonchev–Trinajstić information content (AvgIpc) is 2.67. The second-order valence-corrected chi connectivity index (χ2v) is 6.99. The highest BCUT2D eigenvalue weighted by Crippen LogP contribution is 2.33. The predicted octanol–water partition coefficient (Wildman–Crippen LogP) is 5.55. The fourth-order valence-corrected chi connectivity index (χ4v) is 2.86. The van der Waals surface area contributed by atoms with Gasteiger partial charge in [-0.15, -0.1) is 0 Å². The van der Waals surface area contributed by atoms with Crippen LogP contribution in [0.3, 0.4) is 0 Å². The number of anilines is 1. The molecular weight excluding hydrogens is 326 g/mol. The van der Waals surface area contributed by atoms with E-state index in [2.05, 4.69) is 26.1 Å². The fourth-order valence-electron chi connectivity index (χ4n) is 2.86. The summed E-state index contributed by atoms with van der Waals surface area (Å²) >= 11 is 0. The highest BCUT2D eigenvalue weighted by atomic mass is 16.5. The SMILES string of the molecule is CCCC[C@@](C)(OC)C(=O)Nc1ccc(O[C@@H](C)CC)c2ccccc12. The number of benzene rings is 2. The molecule has 2 aromatic carbocycles. The van der Waals surface area contributed by atoms with Crippen molar-refractivity contribution in [2.45, 2.75) is 65.1 Å². The van der Waals surface area contributed by atoms with Crippen molar-refractivity contribution >= 4 is 22.4 Å². The van der Waals surface area contributed by atoms with E-state index in [1.165, 1.54) is 0 Å². The number of ether oxygens (including phenoxy) is 2. The van der Waals surface area contributed by atoms with Gasteiger partial charge in [-0.1, -0.05) is 51.0 Å². The maximum atomic E-state index is 12.9. The zero-order valence-corrected chi connectivity index (χ0v) is 16.6. The molecule has 2 atom stereocenters. The smallest absolute Gasteiger partial charge is 0.256 e. The Hall–Kier alpha value is -2.07. The van der Waals surface area contributed by atoms with Crippen LogP contribution in [0.2, 0.25) is 0 Å². The molecule has 0 bridgehead atoms. The van der Waals surface area contributed by atoms with Crippen molar-refractivity contribution in [2.75, 3.05) is 12.4 Å². The Morgan fingerprint density at radius 3 is 2.46 bits per heavy atom. The highest BCUT2D eigenvalue weighted by molar-refractivity contribution is 6.06. The monoisotopic (exact) mass is 357 g/mol. The molecule has 0 saturated carbocycles. The lowest BCUT2D eigenvalue weighted by Crippen LogP contribution is -2.42. The number of nitrogens with one attached hydrogen (secondary N) is 1. The Bertz CT molecular complexity index is 743. The Balaban J connectivity index is 2.33. The van der Waals surface area contributed by atoms with Crippen molar-refractivity contribution in [1.82, 2.24) is 0 Å². The lowest BCUT2D eigenvalue weighted by molar-refractivity contribution is -0.136. The van der Waals surface area contributed by atoms with Crippen molar-refractivity contribution in [3.05, 3.63) is 36.4 Å². The predicted molar refractivity (Wildman–Crippen MR) is 108 cm³/mol. The second kappa shape index (κ2) is 9.04. The molecule has 1 amide bonds. The molecule has 4 nitrogen and oxygen atoms in total. The minimum absolute atomic E-state index is 0.116. The number of methoxy groups -OCH3 is 1. The van der Waals surface area contributed by atoms with Crippen LogP contribution >= 0.6 is 0 Å². The van der Waals surface area contributed by atoms with Crippen LogP contribution in [0.5, 0.6) is 5.75 Å². The van der Waals surface area contributed by atoms with Gasteiger partial charge < -0.3 is 14.8 Å². The van der Waals surface area contributed by atoms with E-state index in [9.17, 15) is 4.79 Å². The lowest BCUT2D eigenvalue weighted by Gasteiger charge is -2.27. The maximum absolute atomic E-state index is 12.9. The van der Waals surface area contributed by atoms with E-state index in [4.69, 9.17) is 9.47 Å². The molecule has 2 aromatic rings. The normalized spacial score (nSPS) is 14.7. The highest BCUT2D eigenvalue weighted by Gasteiger charge is 2.32. The van der Waals surface area contributed by atoms with Crippen LogP contribution < -0.4 is 10.1 Å². The van der Waals surface area contributed by atoms with Crippen LogP contribution in [0.25, 0.3) is 10.8 Å². The number of hydrogen-bond acceptors (Lipinski definition) is 3. The lowest BCUT2D eigenvalue weighted by atomic mass is 9.97. The molecule has 0 spiro atoms. The molecule has 4 heteroatoms. The van der Waals surface area contributed by atoms with Gasteiger partial charge in [0.25, 0.3) is 5.91 Å². The van der Waals surface area contributed by atoms with Crippen LogP contribution in [0.1, 0.15) is 53.4 Å². The minimum atomic E-state index is -0.830. The van der Waals surface area contributed by atoms with E-state index < -0.39 is 5.60 Å². The standard InChI is InChI=1S/C22H31NO3/c1-6-8-15-22(4,25-5)21(24)23-19-13-14-20(26-16(3)7-2)18-12-10-9-11-17(18)19/h9-14,16H,6-8,15H2,1-5H3,(H,23,24)/t16-,22+/m0/s1. The number of carbonyl (C=O) groups excluding carboxylic acids is 1. The van der Waals surface area contributed by atoms with E-state index in [1.807, 2.05) is 43.3 Å². The van der Waals surface area contributed by atoms with Crippen molar-refractivity contribution in [2.24, 2.45) is 0 Å². The van der Waals surface area contributed by atoms with Crippen LogP contribution in [-0.4, -0.2) is 24.7 Å². The Morgan fingerprint density at radius 1 is 1.15 bits per heavy atom. The first kappa shape index (κ1) is 20.2.